The smallest absolute Gasteiger partial charge is 0.0992 e. The first-order chi connectivity index (χ1) is 22.2. The van der Waals surface area contributed by atoms with Gasteiger partial charge in [0.15, 0.2) is 0 Å². The van der Waals surface area contributed by atoms with Gasteiger partial charge in [0.05, 0.1) is 67.4 Å². The monoisotopic (exact) mass is 589 g/mol. The third-order valence-corrected chi connectivity index (χ3v) is 9.98. The number of thiophene rings is 1. The summed E-state index contributed by atoms with van der Waals surface area (Å²) in [4.78, 5) is 0. The highest BCUT2D eigenvalue weighted by atomic mass is 32.1. The Bertz CT molecular complexity index is 2860. The molecule has 6 heteroatoms. The molecule has 0 fully saturated rings. The number of nitriles is 3. The summed E-state index contributed by atoms with van der Waals surface area (Å²) in [6, 6.07) is 45.6. The Kier molecular flexibility index (Phi) is 5.20. The molecule has 45 heavy (non-hydrogen) atoms. The first-order valence-corrected chi connectivity index (χ1v) is 15.3. The summed E-state index contributed by atoms with van der Waals surface area (Å²) in [5.74, 6) is 0. The second kappa shape index (κ2) is 9.30. The third-order valence-electron chi connectivity index (χ3n) is 8.77. The van der Waals surface area contributed by atoms with Crippen molar-refractivity contribution in [1.29, 1.82) is 15.8 Å². The normalized spacial score (nSPS) is 11.5. The van der Waals surface area contributed by atoms with Crippen LogP contribution in [0.1, 0.15) is 16.7 Å². The SMILES string of the molecule is N#Cc1cc(-n2c3ccccc3c3cc(C#N)ccc32)c2sc3ccc(-n4c5ccccc5c5cc(C#N)ccc54)cc3c2c1. The van der Waals surface area contributed by atoms with Gasteiger partial charge < -0.3 is 9.13 Å². The fraction of sp³-hybridized carbons (Fsp3) is 0. The molecule has 9 aromatic rings. The molecule has 0 unspecified atom stereocenters. The van der Waals surface area contributed by atoms with Crippen molar-refractivity contribution in [3.63, 3.8) is 0 Å². The lowest BCUT2D eigenvalue weighted by Gasteiger charge is -2.10. The number of fused-ring (bicyclic) bond motifs is 9. The Hall–Kier alpha value is -6.39. The maximum atomic E-state index is 10.2. The number of aromatic nitrogens is 2. The van der Waals surface area contributed by atoms with Gasteiger partial charge in [0, 0.05) is 42.7 Å². The molecule has 0 saturated heterocycles. The highest BCUT2D eigenvalue weighted by Gasteiger charge is 2.19. The van der Waals surface area contributed by atoms with Crippen LogP contribution in [0.2, 0.25) is 0 Å². The molecular formula is C39H19N5S. The molecule has 3 aromatic heterocycles. The predicted molar refractivity (Wildman–Crippen MR) is 182 cm³/mol. The first-order valence-electron chi connectivity index (χ1n) is 14.4. The quantitative estimate of drug-likeness (QED) is 0.201. The minimum absolute atomic E-state index is 0.586. The summed E-state index contributed by atoms with van der Waals surface area (Å²) in [7, 11) is 0. The Labute approximate surface area is 260 Å². The molecular weight excluding hydrogens is 571 g/mol. The van der Waals surface area contributed by atoms with Crippen molar-refractivity contribution in [3.8, 4) is 29.6 Å². The maximum absolute atomic E-state index is 10.2. The molecule has 0 spiro atoms. The number of nitrogens with zero attached hydrogens (tertiary/aromatic N) is 5. The van der Waals surface area contributed by atoms with Crippen LogP contribution in [0.5, 0.6) is 0 Å². The van der Waals surface area contributed by atoms with E-state index in [4.69, 9.17) is 0 Å². The van der Waals surface area contributed by atoms with Gasteiger partial charge in [0.25, 0.3) is 0 Å². The van der Waals surface area contributed by atoms with E-state index in [0.717, 1.165) is 75.2 Å². The van der Waals surface area contributed by atoms with E-state index >= 15 is 0 Å². The van der Waals surface area contributed by atoms with E-state index in [-0.39, 0.29) is 0 Å². The highest BCUT2D eigenvalue weighted by Crippen LogP contribution is 2.43. The van der Waals surface area contributed by atoms with Crippen molar-refractivity contribution in [2.75, 3.05) is 0 Å². The van der Waals surface area contributed by atoms with E-state index in [1.54, 1.807) is 11.3 Å². The van der Waals surface area contributed by atoms with Crippen molar-refractivity contribution >= 4 is 75.1 Å². The van der Waals surface area contributed by atoms with Crippen molar-refractivity contribution in [2.45, 2.75) is 0 Å². The average Bonchev–Trinajstić information content (AvgIpc) is 3.74. The van der Waals surface area contributed by atoms with Crippen LogP contribution < -0.4 is 0 Å². The van der Waals surface area contributed by atoms with Crippen molar-refractivity contribution in [1.82, 2.24) is 9.13 Å². The minimum atomic E-state index is 0.586. The summed E-state index contributed by atoms with van der Waals surface area (Å²) in [5, 5.41) is 35.7. The Morgan fingerprint density at radius 2 is 1.00 bits per heavy atom. The number of rotatable bonds is 2. The molecule has 3 heterocycles. The minimum Gasteiger partial charge on any atom is -0.309 e. The van der Waals surface area contributed by atoms with Crippen LogP contribution in [0.4, 0.5) is 0 Å². The summed E-state index contributed by atoms with van der Waals surface area (Å²) in [6.45, 7) is 0. The molecule has 0 N–H and O–H groups in total. The second-order valence-electron chi connectivity index (χ2n) is 11.2. The molecule has 0 aliphatic rings. The average molecular weight is 590 g/mol. The Balaban J connectivity index is 1.36. The van der Waals surface area contributed by atoms with Crippen LogP contribution in [0.3, 0.4) is 0 Å². The largest absolute Gasteiger partial charge is 0.309 e. The standard InChI is InChI=1S/C39H19N5S/c40-20-23-9-12-35-29(15-23)27-5-1-3-7-33(27)43(35)26-11-14-38-31(19-26)32-17-25(22-42)18-37(39(32)45-38)44-34-8-4-2-6-28(34)30-16-24(21-41)10-13-36(30)44/h1-19H. The number of para-hydroxylation sites is 2. The van der Waals surface area contributed by atoms with Gasteiger partial charge >= 0.3 is 0 Å². The zero-order valence-electron chi connectivity index (χ0n) is 23.6. The van der Waals surface area contributed by atoms with E-state index < -0.39 is 0 Å². The predicted octanol–water partition coefficient (Wildman–Crippen LogP) is 9.86. The third kappa shape index (κ3) is 3.51. The molecule has 206 valence electrons. The van der Waals surface area contributed by atoms with Crippen LogP contribution in [0.15, 0.2) is 115 Å². The van der Waals surface area contributed by atoms with Crippen LogP contribution in [0.25, 0.3) is 75.2 Å². The van der Waals surface area contributed by atoms with Crippen molar-refractivity contribution < 1.29 is 0 Å². The lowest BCUT2D eigenvalue weighted by Crippen LogP contribution is -1.95. The van der Waals surface area contributed by atoms with Gasteiger partial charge in [-0.2, -0.15) is 15.8 Å². The topological polar surface area (TPSA) is 81.2 Å². The van der Waals surface area contributed by atoms with E-state index in [1.165, 1.54) is 0 Å². The van der Waals surface area contributed by atoms with Crippen LogP contribution >= 0.6 is 11.3 Å². The molecule has 0 radical (unpaired) electrons. The molecule has 0 atom stereocenters. The van der Waals surface area contributed by atoms with Crippen LogP contribution in [-0.4, -0.2) is 9.13 Å². The van der Waals surface area contributed by atoms with Crippen molar-refractivity contribution in [2.24, 2.45) is 0 Å². The molecule has 6 aromatic carbocycles. The number of benzene rings is 6. The highest BCUT2D eigenvalue weighted by molar-refractivity contribution is 7.26. The fourth-order valence-corrected chi connectivity index (χ4v) is 8.01. The van der Waals surface area contributed by atoms with E-state index in [1.807, 2.05) is 72.8 Å². The van der Waals surface area contributed by atoms with Crippen molar-refractivity contribution in [3.05, 3.63) is 132 Å². The zero-order chi connectivity index (χ0) is 30.2. The van der Waals surface area contributed by atoms with E-state index in [0.29, 0.717) is 16.7 Å². The lowest BCUT2D eigenvalue weighted by molar-refractivity contribution is 1.19. The first kappa shape index (κ1) is 25.1. The molecule has 9 rings (SSSR count). The van der Waals surface area contributed by atoms with Crippen LogP contribution in [-0.2, 0) is 0 Å². The number of hydrogen-bond acceptors (Lipinski definition) is 4. The molecule has 0 aliphatic carbocycles. The fourth-order valence-electron chi connectivity index (χ4n) is 6.84. The van der Waals surface area contributed by atoms with Gasteiger partial charge in [-0.3, -0.25) is 0 Å². The summed E-state index contributed by atoms with van der Waals surface area (Å²) >= 11 is 1.72. The molecule has 5 nitrogen and oxygen atoms in total. The maximum Gasteiger partial charge on any atom is 0.0992 e. The molecule has 0 amide bonds. The summed E-state index contributed by atoms with van der Waals surface area (Å²) in [5.41, 5.74) is 7.93. The molecule has 0 bridgehead atoms. The number of hydrogen-bond donors (Lipinski definition) is 0. The summed E-state index contributed by atoms with van der Waals surface area (Å²) in [6.07, 6.45) is 0. The van der Waals surface area contributed by atoms with Gasteiger partial charge in [-0.1, -0.05) is 36.4 Å². The van der Waals surface area contributed by atoms with Gasteiger partial charge in [-0.25, -0.2) is 0 Å². The molecule has 0 saturated carbocycles. The van der Waals surface area contributed by atoms with Gasteiger partial charge in [0.1, 0.15) is 0 Å². The van der Waals surface area contributed by atoms with E-state index in [2.05, 4.69) is 69.8 Å². The molecule has 0 aliphatic heterocycles. The zero-order valence-corrected chi connectivity index (χ0v) is 24.4. The van der Waals surface area contributed by atoms with Gasteiger partial charge in [0.2, 0.25) is 0 Å². The van der Waals surface area contributed by atoms with Crippen LogP contribution in [0, 0.1) is 34.0 Å². The Morgan fingerprint density at radius 3 is 1.64 bits per heavy atom. The van der Waals surface area contributed by atoms with E-state index in [9.17, 15) is 15.8 Å². The lowest BCUT2D eigenvalue weighted by atomic mass is 10.1. The summed E-state index contributed by atoms with van der Waals surface area (Å²) < 4.78 is 6.70. The second-order valence-corrected chi connectivity index (χ2v) is 12.2. The Morgan fingerprint density at radius 1 is 0.444 bits per heavy atom. The van der Waals surface area contributed by atoms with Gasteiger partial charge in [-0.15, -0.1) is 11.3 Å². The van der Waals surface area contributed by atoms with Gasteiger partial charge in [-0.05, 0) is 78.9 Å².